The predicted molar refractivity (Wildman–Crippen MR) is 106 cm³/mol. The second kappa shape index (κ2) is 9.49. The molecule has 1 fully saturated rings. The summed E-state index contributed by atoms with van der Waals surface area (Å²) in [6, 6.07) is 10.8. The van der Waals surface area contributed by atoms with Crippen LogP contribution in [0.3, 0.4) is 0 Å². The number of rotatable bonds is 8. The van der Waals surface area contributed by atoms with Crippen LogP contribution in [0, 0.1) is 11.6 Å². The highest BCUT2D eigenvalue weighted by Crippen LogP contribution is 2.25. The van der Waals surface area contributed by atoms with Gasteiger partial charge in [0.2, 0.25) is 5.91 Å². The van der Waals surface area contributed by atoms with Crippen molar-refractivity contribution in [3.8, 4) is 5.75 Å². The Morgan fingerprint density at radius 1 is 1.21 bits per heavy atom. The van der Waals surface area contributed by atoms with Crippen LogP contribution >= 0.6 is 0 Å². The molecule has 1 unspecified atom stereocenters. The molecule has 0 spiro atoms. The summed E-state index contributed by atoms with van der Waals surface area (Å²) in [7, 11) is 0. The Balaban J connectivity index is 1.44. The van der Waals surface area contributed by atoms with Crippen molar-refractivity contribution in [1.29, 1.82) is 0 Å². The lowest BCUT2D eigenvalue weighted by molar-refractivity contribution is -0.123. The first kappa shape index (κ1) is 20.8. The summed E-state index contributed by atoms with van der Waals surface area (Å²) in [5, 5.41) is 2.83. The van der Waals surface area contributed by atoms with E-state index in [0.29, 0.717) is 37.1 Å². The molecule has 154 valence electrons. The number of ether oxygens (including phenoxy) is 1. The Hall–Kier alpha value is -2.96. The number of carbonyl (C=O) groups excluding carboxylic acids is 2. The molecule has 29 heavy (non-hydrogen) atoms. The number of carbonyl (C=O) groups is 2. The van der Waals surface area contributed by atoms with E-state index in [1.165, 1.54) is 12.1 Å². The monoisotopic (exact) mass is 402 g/mol. The molecule has 1 aliphatic rings. The first-order valence-electron chi connectivity index (χ1n) is 9.69. The van der Waals surface area contributed by atoms with E-state index in [-0.39, 0.29) is 24.5 Å². The molecule has 1 heterocycles. The van der Waals surface area contributed by atoms with Crippen molar-refractivity contribution < 1.29 is 23.1 Å². The van der Waals surface area contributed by atoms with E-state index in [0.717, 1.165) is 18.2 Å². The average molecular weight is 402 g/mol. The van der Waals surface area contributed by atoms with E-state index in [1.807, 2.05) is 13.0 Å². The van der Waals surface area contributed by atoms with Crippen LogP contribution in [-0.2, 0) is 16.0 Å². The van der Waals surface area contributed by atoms with Crippen LogP contribution in [-0.4, -0.2) is 31.0 Å². The van der Waals surface area contributed by atoms with E-state index in [2.05, 4.69) is 5.32 Å². The average Bonchev–Trinajstić information content (AvgIpc) is 3.13. The SMILES string of the molecule is CC(CCc1ccc(F)c(F)c1)NC(=O)COc1cccc(N2CCCC2=O)c1. The van der Waals surface area contributed by atoms with Crippen molar-refractivity contribution in [1.82, 2.24) is 5.32 Å². The number of hydrogen-bond donors (Lipinski definition) is 1. The van der Waals surface area contributed by atoms with Crippen LogP contribution < -0.4 is 15.0 Å². The van der Waals surface area contributed by atoms with Crippen LogP contribution in [0.1, 0.15) is 31.7 Å². The largest absolute Gasteiger partial charge is 0.484 e. The van der Waals surface area contributed by atoms with Crippen LogP contribution in [0.15, 0.2) is 42.5 Å². The molecule has 1 aliphatic heterocycles. The van der Waals surface area contributed by atoms with Gasteiger partial charge in [-0.2, -0.15) is 0 Å². The van der Waals surface area contributed by atoms with Gasteiger partial charge in [-0.05, 0) is 56.0 Å². The maximum atomic E-state index is 13.2. The van der Waals surface area contributed by atoms with Crippen LogP contribution in [0.4, 0.5) is 14.5 Å². The van der Waals surface area contributed by atoms with Gasteiger partial charge in [0.15, 0.2) is 18.2 Å². The topological polar surface area (TPSA) is 58.6 Å². The number of nitrogens with one attached hydrogen (secondary N) is 1. The van der Waals surface area contributed by atoms with Gasteiger partial charge < -0.3 is 15.0 Å². The maximum absolute atomic E-state index is 13.2. The zero-order valence-electron chi connectivity index (χ0n) is 16.3. The highest BCUT2D eigenvalue weighted by Gasteiger charge is 2.21. The quantitative estimate of drug-likeness (QED) is 0.734. The number of amides is 2. The third-order valence-electron chi connectivity index (χ3n) is 4.83. The second-order valence-electron chi connectivity index (χ2n) is 7.19. The molecule has 1 N–H and O–H groups in total. The summed E-state index contributed by atoms with van der Waals surface area (Å²) in [5.74, 6) is -1.40. The number of aryl methyl sites for hydroxylation is 1. The fourth-order valence-electron chi connectivity index (χ4n) is 3.28. The molecular weight excluding hydrogens is 378 g/mol. The maximum Gasteiger partial charge on any atom is 0.258 e. The van der Waals surface area contributed by atoms with Gasteiger partial charge >= 0.3 is 0 Å². The van der Waals surface area contributed by atoms with E-state index in [4.69, 9.17) is 4.74 Å². The zero-order chi connectivity index (χ0) is 20.8. The second-order valence-corrected chi connectivity index (χ2v) is 7.19. The molecule has 0 bridgehead atoms. The number of halogens is 2. The molecule has 0 radical (unpaired) electrons. The van der Waals surface area contributed by atoms with Gasteiger partial charge in [0, 0.05) is 30.8 Å². The molecule has 3 rings (SSSR count). The fourth-order valence-corrected chi connectivity index (χ4v) is 3.28. The lowest BCUT2D eigenvalue weighted by atomic mass is 10.1. The van der Waals surface area contributed by atoms with E-state index in [9.17, 15) is 18.4 Å². The number of anilines is 1. The smallest absolute Gasteiger partial charge is 0.258 e. The number of benzene rings is 2. The van der Waals surface area contributed by atoms with Gasteiger partial charge in [0.25, 0.3) is 5.91 Å². The molecular formula is C22H24F2N2O3. The Morgan fingerprint density at radius 2 is 2.03 bits per heavy atom. The molecule has 0 saturated carbocycles. The fraction of sp³-hybridized carbons (Fsp3) is 0.364. The minimum atomic E-state index is -0.870. The van der Waals surface area contributed by atoms with Crippen LogP contribution in [0.25, 0.3) is 0 Å². The summed E-state index contributed by atoms with van der Waals surface area (Å²) >= 11 is 0. The van der Waals surface area contributed by atoms with E-state index in [1.54, 1.807) is 23.1 Å². The summed E-state index contributed by atoms with van der Waals surface area (Å²) in [6.07, 6.45) is 2.50. The van der Waals surface area contributed by atoms with E-state index >= 15 is 0 Å². The first-order chi connectivity index (χ1) is 13.9. The molecule has 2 aromatic carbocycles. The summed E-state index contributed by atoms with van der Waals surface area (Å²) in [5.41, 5.74) is 1.44. The normalized spacial score (nSPS) is 14.7. The zero-order valence-corrected chi connectivity index (χ0v) is 16.3. The van der Waals surface area contributed by atoms with Gasteiger partial charge in [-0.15, -0.1) is 0 Å². The van der Waals surface area contributed by atoms with E-state index < -0.39 is 11.6 Å². The Morgan fingerprint density at radius 3 is 2.76 bits per heavy atom. The lowest BCUT2D eigenvalue weighted by Gasteiger charge is -2.17. The highest BCUT2D eigenvalue weighted by atomic mass is 19.2. The lowest BCUT2D eigenvalue weighted by Crippen LogP contribution is -2.36. The molecule has 5 nitrogen and oxygen atoms in total. The number of nitrogens with zero attached hydrogens (tertiary/aromatic N) is 1. The molecule has 7 heteroatoms. The molecule has 1 atom stereocenters. The summed E-state index contributed by atoms with van der Waals surface area (Å²) in [6.45, 7) is 2.39. The van der Waals surface area contributed by atoms with Gasteiger partial charge in [-0.1, -0.05) is 12.1 Å². The molecule has 0 aromatic heterocycles. The third kappa shape index (κ3) is 5.76. The summed E-state index contributed by atoms with van der Waals surface area (Å²) in [4.78, 5) is 25.7. The molecule has 0 aliphatic carbocycles. The minimum Gasteiger partial charge on any atom is -0.484 e. The first-order valence-corrected chi connectivity index (χ1v) is 9.69. The summed E-state index contributed by atoms with van der Waals surface area (Å²) < 4.78 is 31.8. The van der Waals surface area contributed by atoms with Crippen molar-refractivity contribution in [2.75, 3.05) is 18.1 Å². The molecule has 2 amide bonds. The minimum absolute atomic E-state index is 0.0924. The standard InChI is InChI=1S/C22H24F2N2O3/c1-15(7-8-16-9-10-19(23)20(24)12-16)25-21(27)14-29-18-5-2-4-17(13-18)26-11-3-6-22(26)28/h2,4-5,9-10,12-13,15H,3,6-8,11,14H2,1H3,(H,25,27). The van der Waals surface area contributed by atoms with Crippen LogP contribution in [0.5, 0.6) is 5.75 Å². The van der Waals surface area contributed by atoms with Gasteiger partial charge in [0.05, 0.1) is 0 Å². The van der Waals surface area contributed by atoms with Gasteiger partial charge in [-0.3, -0.25) is 9.59 Å². The number of hydrogen-bond acceptors (Lipinski definition) is 3. The van der Waals surface area contributed by atoms with Crippen molar-refractivity contribution >= 4 is 17.5 Å². The molecule has 1 saturated heterocycles. The van der Waals surface area contributed by atoms with Gasteiger partial charge in [-0.25, -0.2) is 8.78 Å². The van der Waals surface area contributed by atoms with Crippen LogP contribution in [0.2, 0.25) is 0 Å². The Bertz CT molecular complexity index is 888. The van der Waals surface area contributed by atoms with Crippen molar-refractivity contribution in [3.05, 3.63) is 59.7 Å². The van der Waals surface area contributed by atoms with Crippen molar-refractivity contribution in [2.45, 2.75) is 38.6 Å². The third-order valence-corrected chi connectivity index (χ3v) is 4.83. The highest BCUT2D eigenvalue weighted by molar-refractivity contribution is 5.95. The van der Waals surface area contributed by atoms with Gasteiger partial charge in [0.1, 0.15) is 5.75 Å². The van der Waals surface area contributed by atoms with Crippen molar-refractivity contribution in [2.24, 2.45) is 0 Å². The Labute approximate surface area is 168 Å². The molecule has 2 aromatic rings. The van der Waals surface area contributed by atoms with Crippen molar-refractivity contribution in [3.63, 3.8) is 0 Å². The Kier molecular flexibility index (Phi) is 6.80. The predicted octanol–water partition coefficient (Wildman–Crippen LogP) is 3.61.